The first-order chi connectivity index (χ1) is 8.28. The van der Waals surface area contributed by atoms with Gasteiger partial charge in [0.25, 0.3) is 0 Å². The van der Waals surface area contributed by atoms with Gasteiger partial charge >= 0.3 is 0 Å². The molecule has 0 saturated heterocycles. The van der Waals surface area contributed by atoms with E-state index in [4.69, 9.17) is 0 Å². The molecule has 94 valence electrons. The molecule has 2 rings (SSSR count). The summed E-state index contributed by atoms with van der Waals surface area (Å²) in [6, 6.07) is 2.02. The lowest BCUT2D eigenvalue weighted by Crippen LogP contribution is -2.30. The highest BCUT2D eigenvalue weighted by molar-refractivity contribution is 8.00. The van der Waals surface area contributed by atoms with Crippen molar-refractivity contribution in [1.82, 2.24) is 9.97 Å². The lowest BCUT2D eigenvalue weighted by atomic mass is 10.1. The van der Waals surface area contributed by atoms with Crippen molar-refractivity contribution in [2.45, 2.75) is 35.5 Å². The average molecular weight is 269 g/mol. The van der Waals surface area contributed by atoms with Crippen LogP contribution < -0.4 is 5.32 Å². The number of nitrogens with zero attached hydrogens (tertiary/aromatic N) is 2. The Bertz CT molecular complexity index is 365. The van der Waals surface area contributed by atoms with Crippen LogP contribution in [0.4, 0.5) is 5.82 Å². The van der Waals surface area contributed by atoms with Gasteiger partial charge in [0.2, 0.25) is 0 Å². The fraction of sp³-hybridized carbons (Fsp3) is 0.667. The van der Waals surface area contributed by atoms with Crippen molar-refractivity contribution in [2.75, 3.05) is 24.4 Å². The predicted octanol–water partition coefficient (Wildman–Crippen LogP) is 3.29. The van der Waals surface area contributed by atoms with E-state index in [0.29, 0.717) is 4.75 Å². The first-order valence-corrected chi connectivity index (χ1v) is 8.38. The van der Waals surface area contributed by atoms with E-state index in [1.54, 1.807) is 18.1 Å². The van der Waals surface area contributed by atoms with E-state index >= 15 is 0 Å². The molecule has 1 fully saturated rings. The second-order valence-corrected chi connectivity index (χ2v) is 6.49. The van der Waals surface area contributed by atoms with Crippen molar-refractivity contribution in [2.24, 2.45) is 0 Å². The number of hydrogen-bond acceptors (Lipinski definition) is 5. The van der Waals surface area contributed by atoms with Crippen LogP contribution in [0.15, 0.2) is 17.4 Å². The third-order valence-corrected chi connectivity index (χ3v) is 5.45. The largest absolute Gasteiger partial charge is 0.369 e. The average Bonchev–Trinajstić information content (AvgIpc) is 2.86. The third kappa shape index (κ3) is 3.28. The van der Waals surface area contributed by atoms with Crippen LogP contribution in [-0.4, -0.2) is 33.8 Å². The monoisotopic (exact) mass is 269 g/mol. The summed E-state index contributed by atoms with van der Waals surface area (Å²) in [5.41, 5.74) is 0. The lowest BCUT2D eigenvalue weighted by Gasteiger charge is -2.27. The van der Waals surface area contributed by atoms with Gasteiger partial charge in [0, 0.05) is 17.4 Å². The summed E-state index contributed by atoms with van der Waals surface area (Å²) in [5.74, 6) is 0.949. The number of aromatic nitrogens is 2. The van der Waals surface area contributed by atoms with Crippen molar-refractivity contribution < 1.29 is 0 Å². The minimum Gasteiger partial charge on any atom is -0.369 e. The second kappa shape index (κ2) is 5.96. The summed E-state index contributed by atoms with van der Waals surface area (Å²) in [7, 11) is 0. The number of anilines is 1. The van der Waals surface area contributed by atoms with Gasteiger partial charge in [-0.2, -0.15) is 11.8 Å². The molecule has 0 atom stereocenters. The molecule has 1 aliphatic carbocycles. The van der Waals surface area contributed by atoms with Gasteiger partial charge in [-0.25, -0.2) is 9.97 Å². The number of thioether (sulfide) groups is 2. The van der Waals surface area contributed by atoms with E-state index in [-0.39, 0.29) is 0 Å². The minimum absolute atomic E-state index is 0.421. The Balaban J connectivity index is 1.96. The molecule has 0 bridgehead atoms. The van der Waals surface area contributed by atoms with Crippen molar-refractivity contribution >= 4 is 29.3 Å². The fourth-order valence-electron chi connectivity index (χ4n) is 2.27. The number of nitrogens with one attached hydrogen (secondary N) is 1. The molecule has 1 aromatic rings. The molecule has 3 nitrogen and oxygen atoms in total. The smallest absolute Gasteiger partial charge is 0.130 e. The minimum atomic E-state index is 0.421. The molecular formula is C12H19N3S2. The van der Waals surface area contributed by atoms with Crippen LogP contribution in [0, 0.1) is 0 Å². The summed E-state index contributed by atoms with van der Waals surface area (Å²) >= 11 is 3.65. The third-order valence-electron chi connectivity index (χ3n) is 3.39. The second-order valence-electron chi connectivity index (χ2n) is 4.39. The van der Waals surface area contributed by atoms with Crippen LogP contribution in [0.5, 0.6) is 0 Å². The van der Waals surface area contributed by atoms with Gasteiger partial charge < -0.3 is 5.32 Å². The Morgan fingerprint density at radius 3 is 2.71 bits per heavy atom. The highest BCUT2D eigenvalue weighted by Crippen LogP contribution is 2.40. The quantitative estimate of drug-likeness (QED) is 0.656. The maximum Gasteiger partial charge on any atom is 0.130 e. The van der Waals surface area contributed by atoms with Crippen LogP contribution in [0.25, 0.3) is 0 Å². The maximum atomic E-state index is 4.27. The number of hydrogen-bond donors (Lipinski definition) is 1. The van der Waals surface area contributed by atoms with Crippen LogP contribution in [0.2, 0.25) is 0 Å². The molecule has 1 saturated carbocycles. The van der Waals surface area contributed by atoms with Crippen LogP contribution in [0.1, 0.15) is 25.7 Å². The summed E-state index contributed by atoms with van der Waals surface area (Å²) < 4.78 is 0.421. The van der Waals surface area contributed by atoms with Gasteiger partial charge in [-0.3, -0.25) is 0 Å². The Morgan fingerprint density at radius 2 is 2.06 bits per heavy atom. The van der Waals surface area contributed by atoms with E-state index < -0.39 is 0 Å². The zero-order valence-electron chi connectivity index (χ0n) is 10.4. The zero-order valence-corrected chi connectivity index (χ0v) is 12.0. The van der Waals surface area contributed by atoms with E-state index in [1.165, 1.54) is 25.7 Å². The molecule has 0 amide bonds. The molecule has 0 aromatic carbocycles. The summed E-state index contributed by atoms with van der Waals surface area (Å²) in [6.07, 6.45) is 11.3. The standard InChI is InChI=1S/C12H19N3S2/c1-16-11-7-10(14-9-15-11)13-8-12(17-2)5-3-4-6-12/h7,9H,3-6,8H2,1-2H3,(H,13,14,15). The highest BCUT2D eigenvalue weighted by Gasteiger charge is 2.32. The first kappa shape index (κ1) is 13.0. The van der Waals surface area contributed by atoms with Crippen LogP contribution in [0.3, 0.4) is 0 Å². The Morgan fingerprint density at radius 1 is 1.29 bits per heavy atom. The van der Waals surface area contributed by atoms with Crippen molar-refractivity contribution in [1.29, 1.82) is 0 Å². The summed E-state index contributed by atoms with van der Waals surface area (Å²) in [4.78, 5) is 8.45. The lowest BCUT2D eigenvalue weighted by molar-refractivity contribution is 0.638. The van der Waals surface area contributed by atoms with Gasteiger partial charge in [-0.15, -0.1) is 11.8 Å². The van der Waals surface area contributed by atoms with Crippen LogP contribution >= 0.6 is 23.5 Å². The molecule has 5 heteroatoms. The fourth-order valence-corrected chi connectivity index (χ4v) is 3.57. The number of rotatable bonds is 5. The van der Waals surface area contributed by atoms with Crippen molar-refractivity contribution in [3.05, 3.63) is 12.4 Å². The molecule has 1 heterocycles. The maximum absolute atomic E-state index is 4.27. The normalized spacial score (nSPS) is 18.2. The Labute approximate surface area is 112 Å². The Kier molecular flexibility index (Phi) is 4.56. The summed E-state index contributed by atoms with van der Waals surface area (Å²) in [6.45, 7) is 1.01. The van der Waals surface area contributed by atoms with E-state index in [2.05, 4.69) is 21.5 Å². The van der Waals surface area contributed by atoms with E-state index in [1.807, 2.05) is 24.1 Å². The first-order valence-electron chi connectivity index (χ1n) is 5.93. The van der Waals surface area contributed by atoms with Gasteiger partial charge in [0.05, 0.1) is 0 Å². The molecular weight excluding hydrogens is 250 g/mol. The van der Waals surface area contributed by atoms with Gasteiger partial charge in [0.15, 0.2) is 0 Å². The molecule has 1 aliphatic rings. The SMILES string of the molecule is CSc1cc(NCC2(SC)CCCC2)ncn1. The predicted molar refractivity (Wildman–Crippen MR) is 77.0 cm³/mol. The van der Waals surface area contributed by atoms with E-state index in [0.717, 1.165) is 17.4 Å². The zero-order chi connectivity index (χ0) is 12.1. The van der Waals surface area contributed by atoms with Crippen molar-refractivity contribution in [3.8, 4) is 0 Å². The van der Waals surface area contributed by atoms with E-state index in [9.17, 15) is 0 Å². The van der Waals surface area contributed by atoms with Gasteiger partial charge in [0.1, 0.15) is 17.2 Å². The molecule has 0 radical (unpaired) electrons. The molecule has 0 aliphatic heterocycles. The highest BCUT2D eigenvalue weighted by atomic mass is 32.2. The van der Waals surface area contributed by atoms with Crippen molar-refractivity contribution in [3.63, 3.8) is 0 Å². The van der Waals surface area contributed by atoms with Gasteiger partial charge in [-0.05, 0) is 25.4 Å². The topological polar surface area (TPSA) is 37.8 Å². The van der Waals surface area contributed by atoms with Gasteiger partial charge in [-0.1, -0.05) is 12.8 Å². The van der Waals surface area contributed by atoms with Crippen LogP contribution in [-0.2, 0) is 0 Å². The molecule has 1 N–H and O–H groups in total. The Hall–Kier alpha value is -0.420. The molecule has 0 unspecified atom stereocenters. The molecule has 0 spiro atoms. The molecule has 17 heavy (non-hydrogen) atoms. The molecule has 1 aromatic heterocycles. The summed E-state index contributed by atoms with van der Waals surface area (Å²) in [5, 5.41) is 4.49.